The highest BCUT2D eigenvalue weighted by atomic mass is 32.2. The minimum absolute atomic E-state index is 0.0307. The molecule has 27 heavy (non-hydrogen) atoms. The molecule has 0 fully saturated rings. The normalized spacial score (nSPS) is 10.6. The van der Waals surface area contributed by atoms with Crippen molar-refractivity contribution >= 4 is 34.1 Å². The fourth-order valence-corrected chi connectivity index (χ4v) is 3.97. The van der Waals surface area contributed by atoms with Crippen molar-refractivity contribution in [3.63, 3.8) is 0 Å². The Bertz CT molecular complexity index is 867. The van der Waals surface area contributed by atoms with Crippen LogP contribution < -0.4 is 10.1 Å². The summed E-state index contributed by atoms with van der Waals surface area (Å²) in [7, 11) is 3.42. The number of anilines is 1. The van der Waals surface area contributed by atoms with E-state index in [0.29, 0.717) is 24.0 Å². The number of ether oxygens (including phenoxy) is 1. The summed E-state index contributed by atoms with van der Waals surface area (Å²) in [4.78, 5) is 14.1. The van der Waals surface area contributed by atoms with Gasteiger partial charge in [0.2, 0.25) is 11.0 Å². The van der Waals surface area contributed by atoms with Gasteiger partial charge >= 0.3 is 0 Å². The average Bonchev–Trinajstić information content (AvgIpc) is 3.36. The Balaban J connectivity index is 1.45. The number of carbonyl (C=O) groups excluding carboxylic acids is 1. The lowest BCUT2D eigenvalue weighted by Crippen LogP contribution is -2.27. The summed E-state index contributed by atoms with van der Waals surface area (Å²) in [6.45, 7) is 1.08. The molecule has 7 nitrogen and oxygen atoms in total. The quantitative estimate of drug-likeness (QED) is 0.547. The minimum atomic E-state index is 0.0307. The van der Waals surface area contributed by atoms with Crippen LogP contribution in [0.1, 0.15) is 11.3 Å². The van der Waals surface area contributed by atoms with Gasteiger partial charge in [0.1, 0.15) is 11.5 Å². The molecule has 1 amide bonds. The zero-order valence-corrected chi connectivity index (χ0v) is 16.7. The topological polar surface area (TPSA) is 80.5 Å². The number of amides is 1. The van der Waals surface area contributed by atoms with E-state index in [1.807, 2.05) is 36.4 Å². The molecule has 0 atom stereocenters. The van der Waals surface area contributed by atoms with Crippen molar-refractivity contribution in [2.24, 2.45) is 0 Å². The lowest BCUT2D eigenvalue weighted by molar-refractivity contribution is -0.127. The van der Waals surface area contributed by atoms with Crippen LogP contribution in [0.3, 0.4) is 0 Å². The van der Waals surface area contributed by atoms with Crippen molar-refractivity contribution in [1.29, 1.82) is 0 Å². The van der Waals surface area contributed by atoms with Crippen LogP contribution in [0.2, 0.25) is 0 Å². The minimum Gasteiger partial charge on any atom is -0.497 e. The Hall–Kier alpha value is -2.52. The van der Waals surface area contributed by atoms with Crippen LogP contribution in [0.15, 0.2) is 51.4 Å². The summed E-state index contributed by atoms with van der Waals surface area (Å²) in [6, 6.07) is 11.4. The van der Waals surface area contributed by atoms with E-state index in [1.54, 1.807) is 25.3 Å². The number of hydrogen-bond acceptors (Lipinski definition) is 8. The molecule has 0 aliphatic carbocycles. The number of hydrogen-bond donors (Lipinski definition) is 1. The molecule has 0 aliphatic heterocycles. The van der Waals surface area contributed by atoms with Gasteiger partial charge in [0.05, 0.1) is 25.7 Å². The van der Waals surface area contributed by atoms with E-state index in [0.717, 1.165) is 21.4 Å². The second-order valence-electron chi connectivity index (χ2n) is 5.70. The van der Waals surface area contributed by atoms with Crippen LogP contribution in [0.25, 0.3) is 0 Å². The van der Waals surface area contributed by atoms with E-state index in [1.165, 1.54) is 23.1 Å². The Morgan fingerprint density at radius 2 is 2.22 bits per heavy atom. The first kappa shape index (κ1) is 19.2. The molecule has 3 aromatic rings. The zero-order chi connectivity index (χ0) is 19.1. The Labute approximate surface area is 165 Å². The average molecular weight is 405 g/mol. The monoisotopic (exact) mass is 404 g/mol. The molecule has 2 aromatic heterocycles. The van der Waals surface area contributed by atoms with Gasteiger partial charge in [-0.2, -0.15) is 0 Å². The van der Waals surface area contributed by atoms with Gasteiger partial charge in [-0.25, -0.2) is 0 Å². The van der Waals surface area contributed by atoms with Crippen LogP contribution in [-0.2, 0) is 17.9 Å². The van der Waals surface area contributed by atoms with Crippen LogP contribution in [-0.4, -0.2) is 40.9 Å². The van der Waals surface area contributed by atoms with E-state index in [4.69, 9.17) is 9.15 Å². The predicted molar refractivity (Wildman–Crippen MR) is 106 cm³/mol. The molecule has 1 N–H and O–H groups in total. The molecule has 0 radical (unpaired) electrons. The van der Waals surface area contributed by atoms with E-state index in [-0.39, 0.29) is 5.91 Å². The number of nitrogens with one attached hydrogen (secondary N) is 1. The fourth-order valence-electron chi connectivity index (χ4n) is 2.28. The maximum atomic E-state index is 12.4. The summed E-state index contributed by atoms with van der Waals surface area (Å²) < 4.78 is 11.2. The summed E-state index contributed by atoms with van der Waals surface area (Å²) in [6.07, 6.45) is 1.63. The van der Waals surface area contributed by atoms with Crippen molar-refractivity contribution in [2.45, 2.75) is 17.4 Å². The number of aromatic nitrogens is 2. The van der Waals surface area contributed by atoms with Gasteiger partial charge in [0.15, 0.2) is 4.34 Å². The van der Waals surface area contributed by atoms with Crippen LogP contribution in [0, 0.1) is 0 Å². The Morgan fingerprint density at radius 3 is 3.00 bits per heavy atom. The highest BCUT2D eigenvalue weighted by Gasteiger charge is 2.13. The number of furan rings is 1. The summed E-state index contributed by atoms with van der Waals surface area (Å²) >= 11 is 2.80. The molecule has 1 aromatic carbocycles. The lowest BCUT2D eigenvalue weighted by Gasteiger charge is -2.17. The van der Waals surface area contributed by atoms with E-state index in [9.17, 15) is 4.79 Å². The summed E-state index contributed by atoms with van der Waals surface area (Å²) in [5.74, 6) is 1.95. The molecular formula is C18H20N4O3S2. The first-order valence-electron chi connectivity index (χ1n) is 8.23. The number of methoxy groups -OCH3 is 1. The largest absolute Gasteiger partial charge is 0.497 e. The molecule has 0 saturated carbocycles. The van der Waals surface area contributed by atoms with Gasteiger partial charge in [-0.15, -0.1) is 10.2 Å². The molecule has 9 heteroatoms. The van der Waals surface area contributed by atoms with Crippen LogP contribution in [0.5, 0.6) is 5.75 Å². The van der Waals surface area contributed by atoms with Gasteiger partial charge in [-0.3, -0.25) is 4.79 Å². The van der Waals surface area contributed by atoms with Crippen molar-refractivity contribution in [2.75, 3.05) is 25.2 Å². The third kappa shape index (κ3) is 5.73. The third-order valence-corrected chi connectivity index (χ3v) is 5.70. The highest BCUT2D eigenvalue weighted by Crippen LogP contribution is 2.26. The maximum absolute atomic E-state index is 12.4. The second kappa shape index (κ2) is 9.43. The smallest absolute Gasteiger partial charge is 0.233 e. The standard InChI is InChI=1S/C18H20N4O3S2/c1-22(11-13-5-3-6-14(9-13)24-2)16(23)12-26-18-21-20-17(27-18)19-10-15-7-4-8-25-15/h3-9H,10-12H2,1-2H3,(H,19,20). The van der Waals surface area contributed by atoms with Gasteiger partial charge < -0.3 is 19.4 Å². The fraction of sp³-hybridized carbons (Fsp3) is 0.278. The van der Waals surface area contributed by atoms with Gasteiger partial charge in [-0.05, 0) is 29.8 Å². The van der Waals surface area contributed by atoms with Crippen molar-refractivity contribution < 1.29 is 13.9 Å². The van der Waals surface area contributed by atoms with E-state index in [2.05, 4.69) is 15.5 Å². The van der Waals surface area contributed by atoms with E-state index >= 15 is 0 Å². The number of thioether (sulfide) groups is 1. The van der Waals surface area contributed by atoms with Crippen molar-refractivity contribution in [3.8, 4) is 5.75 Å². The summed E-state index contributed by atoms with van der Waals surface area (Å²) in [5.41, 5.74) is 1.02. The Kier molecular flexibility index (Phi) is 6.72. The maximum Gasteiger partial charge on any atom is 0.233 e. The van der Waals surface area contributed by atoms with Crippen LogP contribution in [0.4, 0.5) is 5.13 Å². The SMILES string of the molecule is COc1cccc(CN(C)C(=O)CSc2nnc(NCc3ccco3)s2)c1. The predicted octanol–water partition coefficient (Wildman–Crippen LogP) is 3.50. The number of nitrogens with zero attached hydrogens (tertiary/aromatic N) is 3. The van der Waals surface area contributed by atoms with Gasteiger partial charge in [0.25, 0.3) is 0 Å². The van der Waals surface area contributed by atoms with Crippen molar-refractivity contribution in [1.82, 2.24) is 15.1 Å². The molecule has 142 valence electrons. The second-order valence-corrected chi connectivity index (χ2v) is 7.90. The highest BCUT2D eigenvalue weighted by molar-refractivity contribution is 8.01. The molecule has 0 saturated heterocycles. The third-order valence-electron chi connectivity index (χ3n) is 3.70. The van der Waals surface area contributed by atoms with Crippen molar-refractivity contribution in [3.05, 3.63) is 54.0 Å². The molecular weight excluding hydrogens is 384 g/mol. The molecule has 0 spiro atoms. The van der Waals surface area contributed by atoms with Crippen LogP contribution >= 0.6 is 23.1 Å². The number of carbonyl (C=O) groups is 1. The molecule has 2 heterocycles. The molecule has 3 rings (SSSR count). The number of benzene rings is 1. The van der Waals surface area contributed by atoms with E-state index < -0.39 is 0 Å². The first-order valence-corrected chi connectivity index (χ1v) is 10.0. The molecule has 0 aliphatic rings. The van der Waals surface area contributed by atoms with Gasteiger partial charge in [-0.1, -0.05) is 35.2 Å². The molecule has 0 unspecified atom stereocenters. The molecule has 0 bridgehead atoms. The zero-order valence-electron chi connectivity index (χ0n) is 15.0. The lowest BCUT2D eigenvalue weighted by atomic mass is 10.2. The Morgan fingerprint density at radius 1 is 1.33 bits per heavy atom. The summed E-state index contributed by atoms with van der Waals surface area (Å²) in [5, 5.41) is 12.0. The van der Waals surface area contributed by atoms with Gasteiger partial charge in [0, 0.05) is 13.6 Å². The first-order chi connectivity index (χ1) is 13.1. The number of rotatable bonds is 9.